The maximum atomic E-state index is 12.7. The largest absolute Gasteiger partial charge is 0.492 e. The van der Waals surface area contributed by atoms with Crippen LogP contribution in [0.4, 0.5) is 11.4 Å². The summed E-state index contributed by atoms with van der Waals surface area (Å²) in [5.74, 6) is -1.74. The van der Waals surface area contributed by atoms with E-state index in [-0.39, 0.29) is 29.2 Å². The Hall–Kier alpha value is -3.94. The van der Waals surface area contributed by atoms with Gasteiger partial charge in [-0.25, -0.2) is 4.79 Å². The SMILES string of the molecule is CCOc1ccccc1NC(=O)COC(=O)c1ccc(N2C(=O)[C@H]3CC=CC[C@@H]3C2=O)cc1. The van der Waals surface area contributed by atoms with Crippen LogP contribution in [-0.2, 0) is 19.1 Å². The van der Waals surface area contributed by atoms with Crippen molar-refractivity contribution in [1.82, 2.24) is 0 Å². The molecule has 3 amide bonds. The molecule has 1 aliphatic heterocycles. The molecular formula is C25H24N2O6. The number of nitrogens with one attached hydrogen (secondary N) is 1. The van der Waals surface area contributed by atoms with Crippen molar-refractivity contribution in [1.29, 1.82) is 0 Å². The fourth-order valence-corrected chi connectivity index (χ4v) is 4.05. The number of carbonyl (C=O) groups excluding carboxylic acids is 4. The quantitative estimate of drug-likeness (QED) is 0.396. The molecule has 8 nitrogen and oxygen atoms in total. The smallest absolute Gasteiger partial charge is 0.338 e. The first-order valence-electron chi connectivity index (χ1n) is 10.8. The Morgan fingerprint density at radius 1 is 0.970 bits per heavy atom. The van der Waals surface area contributed by atoms with Crippen molar-refractivity contribution in [2.24, 2.45) is 11.8 Å². The minimum absolute atomic E-state index is 0.208. The number of carbonyl (C=O) groups is 4. The number of fused-ring (bicyclic) bond motifs is 1. The van der Waals surface area contributed by atoms with Crippen molar-refractivity contribution in [2.45, 2.75) is 19.8 Å². The van der Waals surface area contributed by atoms with Gasteiger partial charge in [0.2, 0.25) is 11.8 Å². The summed E-state index contributed by atoms with van der Waals surface area (Å²) < 4.78 is 10.6. The summed E-state index contributed by atoms with van der Waals surface area (Å²) in [5, 5.41) is 2.65. The third-order valence-electron chi connectivity index (χ3n) is 5.66. The van der Waals surface area contributed by atoms with E-state index in [9.17, 15) is 19.2 Å². The van der Waals surface area contributed by atoms with E-state index in [4.69, 9.17) is 9.47 Å². The van der Waals surface area contributed by atoms with Crippen LogP contribution >= 0.6 is 0 Å². The normalized spacial score (nSPS) is 19.2. The Morgan fingerprint density at radius 3 is 2.24 bits per heavy atom. The predicted molar refractivity (Wildman–Crippen MR) is 121 cm³/mol. The molecule has 0 spiro atoms. The van der Waals surface area contributed by atoms with Gasteiger partial charge in [-0.2, -0.15) is 0 Å². The van der Waals surface area contributed by atoms with Crippen LogP contribution in [0.1, 0.15) is 30.1 Å². The molecule has 2 aromatic rings. The highest BCUT2D eigenvalue weighted by Gasteiger charge is 2.47. The molecule has 1 aliphatic carbocycles. The Bertz CT molecular complexity index is 1080. The predicted octanol–water partition coefficient (Wildman–Crippen LogP) is 3.34. The highest BCUT2D eigenvalue weighted by atomic mass is 16.5. The lowest BCUT2D eigenvalue weighted by molar-refractivity contribution is -0.122. The van der Waals surface area contributed by atoms with Crippen molar-refractivity contribution < 1.29 is 28.7 Å². The number of benzene rings is 2. The molecular weight excluding hydrogens is 424 g/mol. The van der Waals surface area contributed by atoms with Crippen molar-refractivity contribution >= 4 is 35.1 Å². The van der Waals surface area contributed by atoms with Gasteiger partial charge in [0, 0.05) is 0 Å². The number of hydrogen-bond donors (Lipinski definition) is 1. The molecule has 1 N–H and O–H groups in total. The lowest BCUT2D eigenvalue weighted by Crippen LogP contribution is -2.30. The molecule has 1 heterocycles. The summed E-state index contributed by atoms with van der Waals surface area (Å²) in [5.41, 5.74) is 1.11. The zero-order chi connectivity index (χ0) is 23.4. The van der Waals surface area contributed by atoms with Crippen LogP contribution in [0.2, 0.25) is 0 Å². The molecule has 33 heavy (non-hydrogen) atoms. The molecule has 0 saturated carbocycles. The molecule has 0 radical (unpaired) electrons. The summed E-state index contributed by atoms with van der Waals surface area (Å²) in [6, 6.07) is 13.0. The molecule has 0 bridgehead atoms. The molecule has 4 rings (SSSR count). The second-order valence-corrected chi connectivity index (χ2v) is 7.77. The van der Waals surface area contributed by atoms with Gasteiger partial charge in [-0.05, 0) is 56.2 Å². The first-order valence-corrected chi connectivity index (χ1v) is 10.8. The van der Waals surface area contributed by atoms with Crippen LogP contribution in [-0.4, -0.2) is 36.9 Å². The van der Waals surface area contributed by atoms with E-state index in [0.717, 1.165) is 0 Å². The molecule has 0 unspecified atom stereocenters. The van der Waals surface area contributed by atoms with Gasteiger partial charge in [0.25, 0.3) is 5.91 Å². The Morgan fingerprint density at radius 2 is 1.61 bits per heavy atom. The van der Waals surface area contributed by atoms with Gasteiger partial charge in [0.05, 0.1) is 35.4 Å². The van der Waals surface area contributed by atoms with Crippen LogP contribution in [0, 0.1) is 11.8 Å². The minimum atomic E-state index is -0.688. The second kappa shape index (κ2) is 9.68. The maximum Gasteiger partial charge on any atom is 0.338 e. The van der Waals surface area contributed by atoms with Crippen molar-refractivity contribution in [2.75, 3.05) is 23.4 Å². The second-order valence-electron chi connectivity index (χ2n) is 7.77. The maximum absolute atomic E-state index is 12.7. The van der Waals surface area contributed by atoms with Gasteiger partial charge < -0.3 is 14.8 Å². The van der Waals surface area contributed by atoms with E-state index in [1.807, 2.05) is 19.1 Å². The standard InChI is InChI=1S/C25H24N2O6/c1-2-32-21-10-6-5-9-20(21)26-22(28)15-33-25(31)16-11-13-17(14-12-16)27-23(29)18-7-3-4-8-19(18)24(27)30/h3-6,9-14,18-19H,2,7-8,15H2,1H3,(H,26,28)/t18-,19-/m0/s1. The lowest BCUT2D eigenvalue weighted by Gasteiger charge is -2.15. The first-order chi connectivity index (χ1) is 16.0. The Labute approximate surface area is 191 Å². The molecule has 1 fully saturated rings. The van der Waals surface area contributed by atoms with Crippen LogP contribution in [0.15, 0.2) is 60.7 Å². The van der Waals surface area contributed by atoms with Crippen LogP contribution in [0.25, 0.3) is 0 Å². The number of para-hydroxylation sites is 2. The zero-order valence-electron chi connectivity index (χ0n) is 18.2. The monoisotopic (exact) mass is 448 g/mol. The Balaban J connectivity index is 1.35. The lowest BCUT2D eigenvalue weighted by atomic mass is 9.85. The van der Waals surface area contributed by atoms with Gasteiger partial charge >= 0.3 is 5.97 Å². The van der Waals surface area contributed by atoms with Crippen LogP contribution < -0.4 is 15.0 Å². The third-order valence-corrected chi connectivity index (χ3v) is 5.66. The summed E-state index contributed by atoms with van der Waals surface area (Å²) in [6.45, 7) is 1.82. The van der Waals surface area contributed by atoms with Gasteiger partial charge in [0.1, 0.15) is 5.75 Å². The summed E-state index contributed by atoms with van der Waals surface area (Å²) in [7, 11) is 0. The topological polar surface area (TPSA) is 102 Å². The van der Waals surface area contributed by atoms with Crippen LogP contribution in [0.5, 0.6) is 5.75 Å². The molecule has 2 aliphatic rings. The van der Waals surface area contributed by atoms with E-state index >= 15 is 0 Å². The van der Waals surface area contributed by atoms with E-state index in [1.54, 1.807) is 24.3 Å². The number of anilines is 2. The number of allylic oxidation sites excluding steroid dienone is 2. The van der Waals surface area contributed by atoms with Gasteiger partial charge in [-0.15, -0.1) is 0 Å². The van der Waals surface area contributed by atoms with Crippen LogP contribution in [0.3, 0.4) is 0 Å². The Kier molecular flexibility index (Phi) is 6.53. The number of amides is 3. The van der Waals surface area contributed by atoms with Gasteiger partial charge in [-0.1, -0.05) is 24.3 Å². The molecule has 8 heteroatoms. The molecule has 2 atom stereocenters. The summed E-state index contributed by atoms with van der Waals surface area (Å²) in [4.78, 5) is 51.1. The van der Waals surface area contributed by atoms with Gasteiger partial charge in [0.15, 0.2) is 6.61 Å². The molecule has 170 valence electrons. The van der Waals surface area contributed by atoms with Gasteiger partial charge in [-0.3, -0.25) is 19.3 Å². The van der Waals surface area contributed by atoms with E-state index in [0.29, 0.717) is 36.6 Å². The number of nitrogens with zero attached hydrogens (tertiary/aromatic N) is 1. The highest BCUT2D eigenvalue weighted by Crippen LogP contribution is 2.37. The van der Waals surface area contributed by atoms with E-state index < -0.39 is 18.5 Å². The number of hydrogen-bond acceptors (Lipinski definition) is 6. The highest BCUT2D eigenvalue weighted by molar-refractivity contribution is 6.22. The van der Waals surface area contributed by atoms with Crippen molar-refractivity contribution in [3.63, 3.8) is 0 Å². The number of rotatable bonds is 7. The molecule has 1 saturated heterocycles. The molecule has 0 aromatic heterocycles. The fraction of sp³-hybridized carbons (Fsp3) is 0.280. The number of imide groups is 1. The van der Waals surface area contributed by atoms with Crippen molar-refractivity contribution in [3.8, 4) is 5.75 Å². The van der Waals surface area contributed by atoms with E-state index in [2.05, 4.69) is 5.32 Å². The summed E-state index contributed by atoms with van der Waals surface area (Å²) >= 11 is 0. The number of esters is 1. The zero-order valence-corrected chi connectivity index (χ0v) is 18.2. The van der Waals surface area contributed by atoms with E-state index in [1.165, 1.54) is 29.2 Å². The number of ether oxygens (including phenoxy) is 2. The first kappa shape index (κ1) is 22.3. The molecule has 2 aromatic carbocycles. The average Bonchev–Trinajstić information content (AvgIpc) is 3.09. The fourth-order valence-electron chi connectivity index (χ4n) is 4.05. The summed E-state index contributed by atoms with van der Waals surface area (Å²) in [6.07, 6.45) is 4.99. The third kappa shape index (κ3) is 4.64. The minimum Gasteiger partial charge on any atom is -0.492 e. The van der Waals surface area contributed by atoms with Crippen molar-refractivity contribution in [3.05, 3.63) is 66.2 Å². The average molecular weight is 448 g/mol.